The molecule has 0 bridgehead atoms. The van der Waals surface area contributed by atoms with Gasteiger partial charge in [0.25, 0.3) is 5.91 Å². The van der Waals surface area contributed by atoms with Crippen LogP contribution in [0.5, 0.6) is 23.0 Å². The molecule has 4 rings (SSSR count). The van der Waals surface area contributed by atoms with Crippen molar-refractivity contribution < 1.29 is 23.7 Å². The molecule has 1 amide bonds. The number of methoxy groups -OCH3 is 4. The number of fused-ring (bicyclic) bond motifs is 1. The number of rotatable bonds is 9. The normalized spacial score (nSPS) is 15.2. The van der Waals surface area contributed by atoms with Crippen LogP contribution in [-0.2, 0) is 13.0 Å². The summed E-state index contributed by atoms with van der Waals surface area (Å²) >= 11 is 0. The molecule has 0 saturated heterocycles. The van der Waals surface area contributed by atoms with Crippen molar-refractivity contribution >= 4 is 12.1 Å². The van der Waals surface area contributed by atoms with Gasteiger partial charge < -0.3 is 18.9 Å². The summed E-state index contributed by atoms with van der Waals surface area (Å²) in [4.78, 5) is 14.8. The van der Waals surface area contributed by atoms with Crippen LogP contribution in [0.3, 0.4) is 0 Å². The third-order valence-electron chi connectivity index (χ3n) is 6.72. The fraction of sp³-hybridized carbons (Fsp3) is 0.310. The number of hydrogen-bond donors (Lipinski definition) is 1. The summed E-state index contributed by atoms with van der Waals surface area (Å²) in [6.45, 7) is 3.82. The first-order chi connectivity index (χ1) is 18.0. The fourth-order valence-corrected chi connectivity index (χ4v) is 4.61. The number of amides is 1. The van der Waals surface area contributed by atoms with Crippen molar-refractivity contribution in [3.63, 3.8) is 0 Å². The Bertz CT molecular complexity index is 1270. The van der Waals surface area contributed by atoms with E-state index in [1.807, 2.05) is 18.2 Å². The summed E-state index contributed by atoms with van der Waals surface area (Å²) in [5.41, 5.74) is 7.51. The first-order valence-electron chi connectivity index (χ1n) is 12.1. The maximum atomic E-state index is 12.4. The van der Waals surface area contributed by atoms with E-state index in [0.717, 1.165) is 41.3 Å². The van der Waals surface area contributed by atoms with E-state index >= 15 is 0 Å². The number of hydrogen-bond acceptors (Lipinski definition) is 7. The lowest BCUT2D eigenvalue weighted by Gasteiger charge is -2.36. The van der Waals surface area contributed by atoms with Crippen molar-refractivity contribution in [1.82, 2.24) is 10.3 Å². The van der Waals surface area contributed by atoms with Crippen molar-refractivity contribution in [1.29, 1.82) is 0 Å². The molecule has 1 N–H and O–H groups in total. The van der Waals surface area contributed by atoms with Gasteiger partial charge in [-0.2, -0.15) is 5.10 Å². The number of carbonyl (C=O) groups is 1. The fourth-order valence-electron chi connectivity index (χ4n) is 4.61. The highest BCUT2D eigenvalue weighted by molar-refractivity contribution is 5.95. The zero-order chi connectivity index (χ0) is 26.4. The molecule has 0 spiro atoms. The van der Waals surface area contributed by atoms with E-state index in [9.17, 15) is 4.79 Å². The van der Waals surface area contributed by atoms with E-state index in [4.69, 9.17) is 18.9 Å². The average Bonchev–Trinajstić information content (AvgIpc) is 2.94. The second-order valence-electron chi connectivity index (χ2n) is 8.80. The van der Waals surface area contributed by atoms with Crippen molar-refractivity contribution in [2.75, 3.05) is 35.0 Å². The van der Waals surface area contributed by atoms with Gasteiger partial charge >= 0.3 is 0 Å². The molecule has 1 atom stereocenters. The van der Waals surface area contributed by atoms with Crippen molar-refractivity contribution in [3.8, 4) is 23.0 Å². The molecular formula is C29H33N3O5. The third kappa shape index (κ3) is 5.86. The number of nitrogens with one attached hydrogen (secondary N) is 1. The Morgan fingerprint density at radius 1 is 0.946 bits per heavy atom. The maximum absolute atomic E-state index is 12.4. The van der Waals surface area contributed by atoms with Gasteiger partial charge in [-0.3, -0.25) is 9.69 Å². The summed E-state index contributed by atoms with van der Waals surface area (Å²) in [5.74, 6) is 2.71. The van der Waals surface area contributed by atoms with Gasteiger partial charge in [-0.15, -0.1) is 0 Å². The van der Waals surface area contributed by atoms with Gasteiger partial charge in [-0.25, -0.2) is 5.43 Å². The van der Waals surface area contributed by atoms with Crippen LogP contribution in [-0.4, -0.2) is 52.0 Å². The van der Waals surface area contributed by atoms with Gasteiger partial charge in [0.1, 0.15) is 11.5 Å². The lowest BCUT2D eigenvalue weighted by Crippen LogP contribution is -2.33. The van der Waals surface area contributed by atoms with E-state index in [2.05, 4.69) is 34.5 Å². The minimum atomic E-state index is -0.291. The molecule has 0 aromatic heterocycles. The first kappa shape index (κ1) is 26.0. The minimum absolute atomic E-state index is 0.189. The van der Waals surface area contributed by atoms with Gasteiger partial charge in [-0.05, 0) is 84.6 Å². The molecule has 37 heavy (non-hydrogen) atoms. The maximum Gasteiger partial charge on any atom is 0.271 e. The second-order valence-corrected chi connectivity index (χ2v) is 8.80. The summed E-state index contributed by atoms with van der Waals surface area (Å²) in [6.07, 6.45) is 2.55. The number of hydrazone groups is 1. The molecule has 0 radical (unpaired) electrons. The molecular weight excluding hydrogens is 470 g/mol. The largest absolute Gasteiger partial charge is 0.497 e. The lowest BCUT2D eigenvalue weighted by molar-refractivity contribution is 0.0955. The van der Waals surface area contributed by atoms with Gasteiger partial charge in [-0.1, -0.05) is 0 Å². The van der Waals surface area contributed by atoms with E-state index in [1.165, 1.54) is 11.1 Å². The van der Waals surface area contributed by atoms with E-state index in [0.29, 0.717) is 17.9 Å². The summed E-state index contributed by atoms with van der Waals surface area (Å²) < 4.78 is 21.8. The Hall–Kier alpha value is -4.04. The molecule has 3 aromatic carbocycles. The Kier molecular flexibility index (Phi) is 8.30. The second kappa shape index (κ2) is 11.8. The topological polar surface area (TPSA) is 81.6 Å². The van der Waals surface area contributed by atoms with Crippen LogP contribution < -0.4 is 24.4 Å². The zero-order valence-corrected chi connectivity index (χ0v) is 21.9. The minimum Gasteiger partial charge on any atom is -0.497 e. The Labute approximate surface area is 217 Å². The number of benzene rings is 3. The Morgan fingerprint density at radius 3 is 2.32 bits per heavy atom. The number of carbonyl (C=O) groups excluding carboxylic acids is 1. The molecule has 8 heteroatoms. The zero-order valence-electron chi connectivity index (χ0n) is 21.9. The SMILES string of the molecule is COc1ccc(C(=O)N/N=C/c2ccc(OC)c(CN3CCc4cc(OC)c(OC)cc4C3C)c2)cc1. The molecule has 1 unspecified atom stereocenters. The smallest absolute Gasteiger partial charge is 0.271 e. The summed E-state index contributed by atoms with van der Waals surface area (Å²) in [6, 6.07) is 17.1. The van der Waals surface area contributed by atoms with Crippen LogP contribution in [0.25, 0.3) is 0 Å². The van der Waals surface area contributed by atoms with Crippen molar-refractivity contribution in [2.24, 2.45) is 5.10 Å². The molecule has 0 fully saturated rings. The standard InChI is InChI=1S/C29H33N3O5/c1-19-25-16-28(37-5)27(36-4)15-22(25)12-13-32(19)18-23-14-20(6-11-26(23)35-3)17-30-31-29(33)21-7-9-24(34-2)10-8-21/h6-11,14-17,19H,12-13,18H2,1-5H3,(H,31,33)/b30-17+. The molecule has 8 nitrogen and oxygen atoms in total. The highest BCUT2D eigenvalue weighted by Gasteiger charge is 2.26. The number of nitrogens with zero attached hydrogens (tertiary/aromatic N) is 2. The average molecular weight is 504 g/mol. The van der Waals surface area contributed by atoms with Gasteiger partial charge in [0.15, 0.2) is 11.5 Å². The molecule has 194 valence electrons. The van der Waals surface area contributed by atoms with Crippen LogP contribution in [0.1, 0.15) is 45.6 Å². The molecule has 3 aromatic rings. The third-order valence-corrected chi connectivity index (χ3v) is 6.72. The van der Waals surface area contributed by atoms with Crippen LogP contribution in [0.15, 0.2) is 59.7 Å². The van der Waals surface area contributed by atoms with Crippen LogP contribution in [0.2, 0.25) is 0 Å². The van der Waals surface area contributed by atoms with Crippen LogP contribution in [0, 0.1) is 0 Å². The Balaban J connectivity index is 1.47. The van der Waals surface area contributed by atoms with Gasteiger partial charge in [0.05, 0.1) is 34.7 Å². The predicted molar refractivity (Wildman–Crippen MR) is 143 cm³/mol. The summed E-state index contributed by atoms with van der Waals surface area (Å²) in [7, 11) is 6.58. The molecule has 0 saturated carbocycles. The highest BCUT2D eigenvalue weighted by Crippen LogP contribution is 2.39. The van der Waals surface area contributed by atoms with Gasteiger partial charge in [0.2, 0.25) is 0 Å². The van der Waals surface area contributed by atoms with Crippen LogP contribution in [0.4, 0.5) is 0 Å². The van der Waals surface area contributed by atoms with Crippen LogP contribution >= 0.6 is 0 Å². The quantitative estimate of drug-likeness (QED) is 0.339. The monoisotopic (exact) mass is 503 g/mol. The van der Waals surface area contributed by atoms with Crippen molar-refractivity contribution in [3.05, 3.63) is 82.4 Å². The highest BCUT2D eigenvalue weighted by atomic mass is 16.5. The van der Waals surface area contributed by atoms with Gasteiger partial charge in [0, 0.05) is 30.3 Å². The lowest BCUT2D eigenvalue weighted by atomic mass is 9.92. The van der Waals surface area contributed by atoms with E-state index < -0.39 is 0 Å². The van der Waals surface area contributed by atoms with Crippen molar-refractivity contribution in [2.45, 2.75) is 25.9 Å². The summed E-state index contributed by atoms with van der Waals surface area (Å²) in [5, 5.41) is 4.15. The molecule has 0 aliphatic carbocycles. The van der Waals surface area contributed by atoms with E-state index in [1.54, 1.807) is 58.9 Å². The molecule has 1 heterocycles. The number of ether oxygens (including phenoxy) is 4. The van der Waals surface area contributed by atoms with E-state index in [-0.39, 0.29) is 11.9 Å². The molecule has 1 aliphatic heterocycles. The first-order valence-corrected chi connectivity index (χ1v) is 12.1. The Morgan fingerprint density at radius 2 is 1.65 bits per heavy atom. The molecule has 1 aliphatic rings. The predicted octanol–water partition coefficient (Wildman–Crippen LogP) is 4.60.